The van der Waals surface area contributed by atoms with Crippen LogP contribution in [0.25, 0.3) is 0 Å². The number of carbonyl (C=O) groups excluding carboxylic acids is 3. The van der Waals surface area contributed by atoms with Gasteiger partial charge in [0.05, 0.1) is 12.6 Å². The quantitative estimate of drug-likeness (QED) is 0.727. The molecule has 2 fully saturated rings. The molecule has 2 aliphatic rings. The number of hydrogen-bond acceptors (Lipinski definition) is 4. The van der Waals surface area contributed by atoms with Gasteiger partial charge in [0.25, 0.3) is 5.91 Å². The Labute approximate surface area is 146 Å². The molecular weight excluding hydrogens is 322 g/mol. The number of urea groups is 1. The Morgan fingerprint density at radius 1 is 1.36 bits per heavy atom. The van der Waals surface area contributed by atoms with Crippen molar-refractivity contribution in [3.05, 3.63) is 35.9 Å². The zero-order valence-corrected chi connectivity index (χ0v) is 14.5. The Kier molecular flexibility index (Phi) is 4.76. The summed E-state index contributed by atoms with van der Waals surface area (Å²) in [5.74, 6) is -0.378. The van der Waals surface area contributed by atoms with E-state index >= 15 is 0 Å². The van der Waals surface area contributed by atoms with Crippen LogP contribution >= 0.6 is 0 Å². The van der Waals surface area contributed by atoms with Crippen molar-refractivity contribution in [3.63, 3.8) is 0 Å². The van der Waals surface area contributed by atoms with E-state index in [1.165, 1.54) is 7.11 Å². The van der Waals surface area contributed by atoms with Crippen LogP contribution in [0.2, 0.25) is 0 Å². The van der Waals surface area contributed by atoms with Crippen LogP contribution in [-0.2, 0) is 14.3 Å². The molecule has 2 N–H and O–H groups in total. The van der Waals surface area contributed by atoms with Gasteiger partial charge in [0.15, 0.2) is 0 Å². The smallest absolute Gasteiger partial charge is 0.325 e. The molecule has 1 heterocycles. The fourth-order valence-corrected chi connectivity index (χ4v) is 3.20. The summed E-state index contributed by atoms with van der Waals surface area (Å²) in [6.07, 6.45) is 2.13. The number of methoxy groups -OCH3 is 1. The number of carbonyl (C=O) groups is 3. The van der Waals surface area contributed by atoms with Crippen LogP contribution in [0.4, 0.5) is 4.79 Å². The van der Waals surface area contributed by atoms with E-state index in [9.17, 15) is 14.4 Å². The van der Waals surface area contributed by atoms with Crippen LogP contribution < -0.4 is 10.6 Å². The molecule has 134 valence electrons. The second-order valence-electron chi connectivity index (χ2n) is 6.88. The van der Waals surface area contributed by atoms with Crippen molar-refractivity contribution in [1.82, 2.24) is 15.5 Å². The standard InChI is InChI=1S/C18H23N3O4/c1-18(11-25-2)16(23)21(17(24)20-18)10-14(22)19-15(13-8-9-13)12-6-4-3-5-7-12/h3-7,13,15H,8-11H2,1-2H3,(H,19,22)(H,20,24)/t15-,18+/m0/s1. The van der Waals surface area contributed by atoms with Crippen molar-refractivity contribution >= 4 is 17.8 Å². The third-order valence-corrected chi connectivity index (χ3v) is 4.65. The Bertz CT molecular complexity index is 674. The summed E-state index contributed by atoms with van der Waals surface area (Å²) in [6, 6.07) is 9.11. The maximum atomic E-state index is 12.5. The first-order chi connectivity index (χ1) is 11.9. The highest BCUT2D eigenvalue weighted by Crippen LogP contribution is 2.40. The highest BCUT2D eigenvalue weighted by Gasteiger charge is 2.48. The van der Waals surface area contributed by atoms with Gasteiger partial charge < -0.3 is 15.4 Å². The van der Waals surface area contributed by atoms with E-state index in [2.05, 4.69) is 10.6 Å². The summed E-state index contributed by atoms with van der Waals surface area (Å²) in [5.41, 5.74) is -0.0821. The van der Waals surface area contributed by atoms with Gasteiger partial charge >= 0.3 is 6.03 Å². The van der Waals surface area contributed by atoms with Gasteiger partial charge in [-0.1, -0.05) is 30.3 Å². The predicted molar refractivity (Wildman–Crippen MR) is 90.6 cm³/mol. The number of nitrogens with zero attached hydrogens (tertiary/aromatic N) is 1. The van der Waals surface area contributed by atoms with E-state index < -0.39 is 17.5 Å². The Balaban J connectivity index is 1.66. The SMILES string of the molecule is COC[C@@]1(C)NC(=O)N(CC(=O)N[C@@H](c2ccccc2)C2CC2)C1=O. The van der Waals surface area contributed by atoms with Crippen molar-refractivity contribution in [2.75, 3.05) is 20.3 Å². The van der Waals surface area contributed by atoms with E-state index in [0.717, 1.165) is 23.3 Å². The first-order valence-electron chi connectivity index (χ1n) is 8.42. The van der Waals surface area contributed by atoms with Gasteiger partial charge in [0, 0.05) is 7.11 Å². The molecule has 1 saturated heterocycles. The van der Waals surface area contributed by atoms with Gasteiger partial charge in [-0.2, -0.15) is 0 Å². The van der Waals surface area contributed by atoms with E-state index in [0.29, 0.717) is 5.92 Å². The van der Waals surface area contributed by atoms with Crippen LogP contribution in [0, 0.1) is 5.92 Å². The lowest BCUT2D eigenvalue weighted by Crippen LogP contribution is -2.48. The zero-order valence-electron chi connectivity index (χ0n) is 14.5. The van der Waals surface area contributed by atoms with Gasteiger partial charge in [0.2, 0.25) is 5.91 Å². The molecule has 7 nitrogen and oxygen atoms in total. The highest BCUT2D eigenvalue weighted by molar-refractivity contribution is 6.08. The summed E-state index contributed by atoms with van der Waals surface area (Å²) in [5, 5.41) is 5.57. The average molecular weight is 345 g/mol. The fourth-order valence-electron chi connectivity index (χ4n) is 3.20. The minimum Gasteiger partial charge on any atom is -0.382 e. The number of benzene rings is 1. The molecule has 0 radical (unpaired) electrons. The second-order valence-corrected chi connectivity index (χ2v) is 6.88. The monoisotopic (exact) mass is 345 g/mol. The molecule has 25 heavy (non-hydrogen) atoms. The number of rotatable bonds is 7. The highest BCUT2D eigenvalue weighted by atomic mass is 16.5. The predicted octanol–water partition coefficient (Wildman–Crippen LogP) is 1.21. The van der Waals surface area contributed by atoms with Crippen LogP contribution in [0.15, 0.2) is 30.3 Å². The molecule has 0 unspecified atom stereocenters. The first kappa shape index (κ1) is 17.4. The van der Waals surface area contributed by atoms with Gasteiger partial charge in [0.1, 0.15) is 12.1 Å². The lowest BCUT2D eigenvalue weighted by atomic mass is 10.0. The van der Waals surface area contributed by atoms with E-state index in [1.807, 2.05) is 30.3 Å². The third kappa shape index (κ3) is 3.66. The molecule has 0 aromatic heterocycles. The van der Waals surface area contributed by atoms with Crippen molar-refractivity contribution in [1.29, 1.82) is 0 Å². The third-order valence-electron chi connectivity index (χ3n) is 4.65. The normalized spacial score (nSPS) is 24.2. The fraction of sp³-hybridized carbons (Fsp3) is 0.500. The maximum Gasteiger partial charge on any atom is 0.325 e. The summed E-state index contributed by atoms with van der Waals surface area (Å²) in [6.45, 7) is 1.36. The molecule has 1 saturated carbocycles. The molecule has 2 atom stereocenters. The lowest BCUT2D eigenvalue weighted by molar-refractivity contribution is -0.136. The van der Waals surface area contributed by atoms with Gasteiger partial charge in [-0.3, -0.25) is 14.5 Å². The average Bonchev–Trinajstić information content (AvgIpc) is 3.39. The minimum atomic E-state index is -1.12. The molecule has 0 spiro atoms. The van der Waals surface area contributed by atoms with Gasteiger partial charge in [-0.15, -0.1) is 0 Å². The van der Waals surface area contributed by atoms with Crippen molar-refractivity contribution < 1.29 is 19.1 Å². The molecule has 0 bridgehead atoms. The van der Waals surface area contributed by atoms with E-state index in [-0.39, 0.29) is 25.1 Å². The van der Waals surface area contributed by atoms with Crippen molar-refractivity contribution in [2.45, 2.75) is 31.3 Å². The van der Waals surface area contributed by atoms with Crippen LogP contribution in [-0.4, -0.2) is 48.5 Å². The van der Waals surface area contributed by atoms with Crippen molar-refractivity contribution in [2.24, 2.45) is 5.92 Å². The molecule has 7 heteroatoms. The largest absolute Gasteiger partial charge is 0.382 e. The second kappa shape index (κ2) is 6.84. The topological polar surface area (TPSA) is 87.7 Å². The summed E-state index contributed by atoms with van der Waals surface area (Å²) < 4.78 is 5.00. The van der Waals surface area contributed by atoms with E-state index in [4.69, 9.17) is 4.74 Å². The van der Waals surface area contributed by atoms with Crippen molar-refractivity contribution in [3.8, 4) is 0 Å². The molecule has 1 aliphatic heterocycles. The van der Waals surface area contributed by atoms with Crippen LogP contribution in [0.5, 0.6) is 0 Å². The summed E-state index contributed by atoms with van der Waals surface area (Å²) in [7, 11) is 1.46. The summed E-state index contributed by atoms with van der Waals surface area (Å²) >= 11 is 0. The van der Waals surface area contributed by atoms with Gasteiger partial charge in [-0.05, 0) is 31.2 Å². The Morgan fingerprint density at radius 2 is 2.04 bits per heavy atom. The number of amides is 4. The lowest BCUT2D eigenvalue weighted by Gasteiger charge is -2.22. The van der Waals surface area contributed by atoms with Crippen LogP contribution in [0.1, 0.15) is 31.4 Å². The van der Waals surface area contributed by atoms with Gasteiger partial charge in [-0.25, -0.2) is 4.79 Å². The van der Waals surface area contributed by atoms with Crippen LogP contribution in [0.3, 0.4) is 0 Å². The first-order valence-corrected chi connectivity index (χ1v) is 8.42. The molecule has 1 aromatic carbocycles. The maximum absolute atomic E-state index is 12.5. The summed E-state index contributed by atoms with van der Waals surface area (Å²) in [4.78, 5) is 37.9. The van der Waals surface area contributed by atoms with E-state index in [1.54, 1.807) is 6.92 Å². The number of hydrogen-bond donors (Lipinski definition) is 2. The molecular formula is C18H23N3O4. The Morgan fingerprint density at radius 3 is 2.64 bits per heavy atom. The molecule has 4 amide bonds. The number of ether oxygens (including phenoxy) is 1. The molecule has 3 rings (SSSR count). The minimum absolute atomic E-state index is 0.0599. The Hall–Kier alpha value is -2.41. The molecule has 1 aromatic rings. The zero-order chi connectivity index (χ0) is 18.0. The number of imide groups is 1. The number of nitrogens with one attached hydrogen (secondary N) is 2. The molecule has 1 aliphatic carbocycles.